The van der Waals surface area contributed by atoms with Gasteiger partial charge in [0.1, 0.15) is 0 Å². The summed E-state index contributed by atoms with van der Waals surface area (Å²) >= 11 is 0. The molecule has 0 aliphatic heterocycles. The average molecular weight is 464 g/mol. The van der Waals surface area contributed by atoms with E-state index in [0.717, 1.165) is 44.1 Å². The lowest BCUT2D eigenvalue weighted by Gasteiger charge is -2.53. The first-order valence-corrected chi connectivity index (χ1v) is 12.8. The number of nitrogens with zero attached hydrogens (tertiary/aromatic N) is 1. The van der Waals surface area contributed by atoms with Gasteiger partial charge in [-0.1, -0.05) is 41.9 Å². The van der Waals surface area contributed by atoms with Crippen LogP contribution >= 0.6 is 0 Å². The van der Waals surface area contributed by atoms with Crippen LogP contribution in [0.3, 0.4) is 0 Å². The van der Waals surface area contributed by atoms with E-state index in [1.165, 1.54) is 35.8 Å². The van der Waals surface area contributed by atoms with Crippen LogP contribution in [0.4, 0.5) is 0 Å². The number of ketones is 1. The van der Waals surface area contributed by atoms with Crippen molar-refractivity contribution in [2.75, 3.05) is 20.3 Å². The van der Waals surface area contributed by atoms with Gasteiger partial charge >= 0.3 is 0 Å². The van der Waals surface area contributed by atoms with Crippen molar-refractivity contribution in [1.82, 2.24) is 0 Å². The molecule has 2 saturated carbocycles. The highest BCUT2D eigenvalue weighted by Crippen LogP contribution is 2.64. The second kappa shape index (κ2) is 9.43. The quantitative estimate of drug-likeness (QED) is 0.246. The Labute approximate surface area is 202 Å². The summed E-state index contributed by atoms with van der Waals surface area (Å²) in [6, 6.07) is 8.02. The first-order chi connectivity index (χ1) is 16.5. The van der Waals surface area contributed by atoms with E-state index in [-0.39, 0.29) is 11.0 Å². The first-order valence-electron chi connectivity index (χ1n) is 12.8. The molecular weight excluding hydrogens is 426 g/mol. The van der Waals surface area contributed by atoms with Gasteiger partial charge in [0.15, 0.2) is 5.78 Å². The van der Waals surface area contributed by atoms with Crippen LogP contribution in [0.2, 0.25) is 0 Å². The fraction of sp³-hybridized carbons (Fsp3) is 0.586. The van der Waals surface area contributed by atoms with Crippen molar-refractivity contribution in [1.29, 1.82) is 0 Å². The van der Waals surface area contributed by atoms with Gasteiger partial charge in [-0.05, 0) is 91.6 Å². The fourth-order valence-electron chi connectivity index (χ4n) is 7.52. The lowest BCUT2D eigenvalue weighted by atomic mass is 9.55. The van der Waals surface area contributed by atoms with E-state index in [2.05, 4.69) is 24.2 Å². The fourth-order valence-corrected chi connectivity index (χ4v) is 7.52. The number of hydrogen-bond donors (Lipinski definition) is 1. The topological polar surface area (TPSA) is 68.1 Å². The van der Waals surface area contributed by atoms with Gasteiger partial charge in [0.05, 0.1) is 25.0 Å². The van der Waals surface area contributed by atoms with Crippen molar-refractivity contribution in [2.45, 2.75) is 70.3 Å². The minimum atomic E-state index is -0.228. The molecule has 4 atom stereocenters. The zero-order chi connectivity index (χ0) is 23.8. The lowest BCUT2D eigenvalue weighted by molar-refractivity contribution is -0.153. The molecule has 0 unspecified atom stereocenters. The van der Waals surface area contributed by atoms with Crippen molar-refractivity contribution in [2.24, 2.45) is 22.4 Å². The standard InChI is InChI=1S/C29H37NO4/c1-28-14-11-25-24-10-8-23(31)17-22(24)7-9-26(25)27(28)12-15-29(28,33-2)19-34-16-13-20-3-5-21(6-4-20)18-30-32/h3-6,17-18,26-27,32H,7-16,19H2,1-2H3/t26-,27+,28+,29-/m1/s1. The van der Waals surface area contributed by atoms with Gasteiger partial charge in [-0.15, -0.1) is 0 Å². The molecule has 5 heteroatoms. The molecule has 34 heavy (non-hydrogen) atoms. The smallest absolute Gasteiger partial charge is 0.156 e. The third-order valence-corrected chi connectivity index (χ3v) is 9.47. The Morgan fingerprint density at radius 1 is 1.12 bits per heavy atom. The highest BCUT2D eigenvalue weighted by atomic mass is 16.5. The number of carbonyl (C=O) groups is 1. The Kier molecular flexibility index (Phi) is 6.51. The van der Waals surface area contributed by atoms with E-state index < -0.39 is 0 Å². The van der Waals surface area contributed by atoms with Gasteiger partial charge in [0, 0.05) is 18.9 Å². The molecule has 2 fully saturated rings. The van der Waals surface area contributed by atoms with Crippen molar-refractivity contribution in [3.05, 3.63) is 58.2 Å². The molecule has 5 nitrogen and oxygen atoms in total. The largest absolute Gasteiger partial charge is 0.411 e. The zero-order valence-corrected chi connectivity index (χ0v) is 20.5. The molecule has 0 radical (unpaired) electrons. The second-order valence-corrected chi connectivity index (χ2v) is 10.8. The summed E-state index contributed by atoms with van der Waals surface area (Å²) in [6.45, 7) is 3.76. The zero-order valence-electron chi connectivity index (χ0n) is 20.5. The number of allylic oxidation sites excluding steroid dienone is 4. The summed E-state index contributed by atoms with van der Waals surface area (Å²) in [5.74, 6) is 1.58. The molecule has 0 aromatic heterocycles. The van der Waals surface area contributed by atoms with Gasteiger partial charge in [0.25, 0.3) is 0 Å². The molecule has 1 N–H and O–H groups in total. The summed E-state index contributed by atoms with van der Waals surface area (Å²) in [4.78, 5) is 11.9. The van der Waals surface area contributed by atoms with Crippen molar-refractivity contribution in [3.8, 4) is 0 Å². The van der Waals surface area contributed by atoms with Gasteiger partial charge in [-0.3, -0.25) is 4.79 Å². The van der Waals surface area contributed by atoms with E-state index in [0.29, 0.717) is 37.3 Å². The molecular formula is C29H37NO4. The highest BCUT2D eigenvalue weighted by Gasteiger charge is 2.61. The Morgan fingerprint density at radius 2 is 1.94 bits per heavy atom. The Hall–Kier alpha value is -2.24. The second-order valence-electron chi connectivity index (χ2n) is 10.8. The number of methoxy groups -OCH3 is 1. The normalized spacial score (nSPS) is 33.0. The van der Waals surface area contributed by atoms with Gasteiger partial charge < -0.3 is 14.7 Å². The average Bonchev–Trinajstić information content (AvgIpc) is 3.15. The molecule has 0 amide bonds. The lowest BCUT2D eigenvalue weighted by Crippen LogP contribution is -2.53. The molecule has 0 heterocycles. The van der Waals surface area contributed by atoms with Gasteiger partial charge in [-0.2, -0.15) is 0 Å². The van der Waals surface area contributed by atoms with Crippen LogP contribution in [0.15, 0.2) is 52.2 Å². The highest BCUT2D eigenvalue weighted by molar-refractivity contribution is 5.93. The van der Waals surface area contributed by atoms with Crippen molar-refractivity contribution >= 4 is 12.0 Å². The monoisotopic (exact) mass is 463 g/mol. The molecule has 1 aromatic carbocycles. The van der Waals surface area contributed by atoms with Gasteiger partial charge in [0.2, 0.25) is 0 Å². The predicted molar refractivity (Wildman–Crippen MR) is 132 cm³/mol. The minimum Gasteiger partial charge on any atom is -0.411 e. The summed E-state index contributed by atoms with van der Waals surface area (Å²) in [6.07, 6.45) is 12.6. The van der Waals surface area contributed by atoms with Crippen LogP contribution in [0.1, 0.15) is 69.4 Å². The number of oxime groups is 1. The predicted octanol–water partition coefficient (Wildman–Crippen LogP) is 5.65. The van der Waals surface area contributed by atoms with Crippen molar-refractivity contribution < 1.29 is 19.5 Å². The molecule has 4 aliphatic rings. The minimum absolute atomic E-state index is 0.119. The van der Waals surface area contributed by atoms with Crippen LogP contribution in [0.25, 0.3) is 0 Å². The van der Waals surface area contributed by atoms with Crippen LogP contribution in [0.5, 0.6) is 0 Å². The summed E-state index contributed by atoms with van der Waals surface area (Å²) in [5.41, 5.74) is 6.51. The van der Waals surface area contributed by atoms with Crippen LogP contribution in [-0.4, -0.2) is 43.1 Å². The first kappa shape index (κ1) is 23.5. The SMILES string of the molecule is CO[C@@]1(COCCc2ccc(C=NO)cc2)CC[C@H]2[C@@H]3CCC4=CC(=O)CCC4=C3CC[C@@]21C. The summed E-state index contributed by atoms with van der Waals surface area (Å²) in [7, 11) is 1.88. The summed E-state index contributed by atoms with van der Waals surface area (Å²) in [5, 5.41) is 11.7. The van der Waals surface area contributed by atoms with Crippen molar-refractivity contribution in [3.63, 3.8) is 0 Å². The van der Waals surface area contributed by atoms with E-state index in [9.17, 15) is 4.79 Å². The van der Waals surface area contributed by atoms with Crippen LogP contribution in [0, 0.1) is 17.3 Å². The number of carbonyl (C=O) groups excluding carboxylic acids is 1. The summed E-state index contributed by atoms with van der Waals surface area (Å²) < 4.78 is 12.6. The molecule has 4 aliphatic carbocycles. The van der Waals surface area contributed by atoms with Gasteiger partial charge in [-0.25, -0.2) is 0 Å². The number of benzene rings is 1. The number of ether oxygens (including phenoxy) is 2. The maximum atomic E-state index is 11.9. The molecule has 0 bridgehead atoms. The third kappa shape index (κ3) is 3.97. The van der Waals surface area contributed by atoms with E-state index in [4.69, 9.17) is 14.7 Å². The van der Waals surface area contributed by atoms with E-state index >= 15 is 0 Å². The van der Waals surface area contributed by atoms with E-state index in [1.807, 2.05) is 25.3 Å². The Morgan fingerprint density at radius 3 is 2.71 bits per heavy atom. The number of rotatable bonds is 7. The molecule has 1 aromatic rings. The van der Waals surface area contributed by atoms with Crippen LogP contribution in [-0.2, 0) is 20.7 Å². The Balaban J connectivity index is 1.26. The molecule has 0 saturated heterocycles. The van der Waals surface area contributed by atoms with Crippen LogP contribution < -0.4 is 0 Å². The Bertz CT molecular complexity index is 1020. The maximum absolute atomic E-state index is 11.9. The number of hydrogen-bond acceptors (Lipinski definition) is 5. The molecule has 182 valence electrons. The molecule has 5 rings (SSSR count). The maximum Gasteiger partial charge on any atom is 0.156 e. The third-order valence-electron chi connectivity index (χ3n) is 9.47. The number of fused-ring (bicyclic) bond motifs is 4. The van der Waals surface area contributed by atoms with E-state index in [1.54, 1.807) is 5.57 Å². The molecule has 0 spiro atoms.